The van der Waals surface area contributed by atoms with E-state index in [9.17, 15) is 0 Å². The Balaban J connectivity index is 1.95. The van der Waals surface area contributed by atoms with Crippen molar-refractivity contribution in [1.82, 2.24) is 4.98 Å². The number of fused-ring (bicyclic) bond motifs is 2. The zero-order valence-corrected chi connectivity index (χ0v) is 12.8. The molecule has 2 aromatic rings. The Morgan fingerprint density at radius 3 is 2.57 bits per heavy atom. The van der Waals surface area contributed by atoms with E-state index in [-0.39, 0.29) is 0 Å². The summed E-state index contributed by atoms with van der Waals surface area (Å²) >= 11 is 0. The number of nitrogens with zero attached hydrogens (tertiary/aromatic N) is 1. The standard InChI is InChI=1S/C17H22N2O2/c1-11(2)8-12(3)19-17-14-10-16-15(20-6-7-21-16)9-13(14)4-5-18-17/h4-5,9-12H,6-8H2,1-3H3,(H,18,19). The van der Waals surface area contributed by atoms with Crippen LogP contribution in [0, 0.1) is 5.92 Å². The lowest BCUT2D eigenvalue weighted by molar-refractivity contribution is 0.172. The molecule has 4 nitrogen and oxygen atoms in total. The normalized spacial score (nSPS) is 15.2. The number of hydrogen-bond acceptors (Lipinski definition) is 4. The van der Waals surface area contributed by atoms with Crippen LogP contribution in [-0.4, -0.2) is 24.2 Å². The number of pyridine rings is 1. The quantitative estimate of drug-likeness (QED) is 0.927. The highest BCUT2D eigenvalue weighted by Crippen LogP contribution is 2.36. The van der Waals surface area contributed by atoms with Crippen molar-refractivity contribution >= 4 is 16.6 Å². The molecule has 0 aliphatic carbocycles. The van der Waals surface area contributed by atoms with Crippen LogP contribution in [-0.2, 0) is 0 Å². The topological polar surface area (TPSA) is 43.4 Å². The second-order valence-electron chi connectivity index (χ2n) is 6.05. The van der Waals surface area contributed by atoms with Crippen LogP contribution < -0.4 is 14.8 Å². The Labute approximate surface area is 125 Å². The van der Waals surface area contributed by atoms with Crippen LogP contribution >= 0.6 is 0 Å². The molecule has 21 heavy (non-hydrogen) atoms. The maximum Gasteiger partial charge on any atom is 0.162 e. The van der Waals surface area contributed by atoms with Crippen LogP contribution in [0.25, 0.3) is 10.8 Å². The first-order chi connectivity index (χ1) is 10.1. The molecule has 2 heterocycles. The molecule has 1 N–H and O–H groups in total. The van der Waals surface area contributed by atoms with Gasteiger partial charge in [-0.15, -0.1) is 0 Å². The maximum absolute atomic E-state index is 5.68. The van der Waals surface area contributed by atoms with E-state index in [1.165, 1.54) is 0 Å². The third-order valence-corrected chi connectivity index (χ3v) is 3.64. The van der Waals surface area contributed by atoms with E-state index < -0.39 is 0 Å². The largest absolute Gasteiger partial charge is 0.486 e. The van der Waals surface area contributed by atoms with E-state index in [2.05, 4.69) is 31.1 Å². The van der Waals surface area contributed by atoms with Crippen molar-refractivity contribution in [2.75, 3.05) is 18.5 Å². The van der Waals surface area contributed by atoms with Gasteiger partial charge in [0.1, 0.15) is 19.0 Å². The van der Waals surface area contributed by atoms with Crippen LogP contribution in [0.15, 0.2) is 24.4 Å². The number of aromatic nitrogens is 1. The van der Waals surface area contributed by atoms with Gasteiger partial charge in [-0.3, -0.25) is 0 Å². The molecule has 1 aromatic carbocycles. The highest BCUT2D eigenvalue weighted by atomic mass is 16.6. The summed E-state index contributed by atoms with van der Waals surface area (Å²) in [6.45, 7) is 7.87. The van der Waals surface area contributed by atoms with Crippen molar-refractivity contribution in [1.29, 1.82) is 0 Å². The Bertz CT molecular complexity index is 640. The van der Waals surface area contributed by atoms with E-state index in [1.54, 1.807) is 0 Å². The highest BCUT2D eigenvalue weighted by Gasteiger charge is 2.15. The Hall–Kier alpha value is -1.97. The number of benzene rings is 1. The zero-order valence-electron chi connectivity index (χ0n) is 12.8. The van der Waals surface area contributed by atoms with Gasteiger partial charge >= 0.3 is 0 Å². The van der Waals surface area contributed by atoms with Crippen LogP contribution in [0.5, 0.6) is 11.5 Å². The van der Waals surface area contributed by atoms with Gasteiger partial charge in [-0.1, -0.05) is 13.8 Å². The van der Waals surface area contributed by atoms with Gasteiger partial charge in [-0.2, -0.15) is 0 Å². The first-order valence-electron chi connectivity index (χ1n) is 7.58. The molecular formula is C17H22N2O2. The number of nitrogens with one attached hydrogen (secondary N) is 1. The van der Waals surface area contributed by atoms with Gasteiger partial charge in [0.2, 0.25) is 0 Å². The first kappa shape index (κ1) is 14.0. The van der Waals surface area contributed by atoms with Gasteiger partial charge < -0.3 is 14.8 Å². The average Bonchev–Trinajstić information content (AvgIpc) is 2.45. The average molecular weight is 286 g/mol. The van der Waals surface area contributed by atoms with Gasteiger partial charge in [0.25, 0.3) is 0 Å². The fourth-order valence-electron chi connectivity index (χ4n) is 2.82. The predicted molar refractivity (Wildman–Crippen MR) is 85.3 cm³/mol. The minimum atomic E-state index is 0.385. The molecule has 0 fully saturated rings. The highest BCUT2D eigenvalue weighted by molar-refractivity contribution is 5.94. The number of hydrogen-bond donors (Lipinski definition) is 1. The summed E-state index contributed by atoms with van der Waals surface area (Å²) in [6, 6.07) is 6.45. The lowest BCUT2D eigenvalue weighted by atomic mass is 10.0. The molecule has 4 heteroatoms. The molecule has 3 rings (SSSR count). The van der Waals surface area contributed by atoms with Crippen molar-refractivity contribution < 1.29 is 9.47 Å². The molecule has 1 aliphatic rings. The number of rotatable bonds is 4. The molecule has 0 bridgehead atoms. The summed E-state index contributed by atoms with van der Waals surface area (Å²) in [5.41, 5.74) is 0. The van der Waals surface area contributed by atoms with E-state index >= 15 is 0 Å². The molecule has 1 aromatic heterocycles. The van der Waals surface area contributed by atoms with Crippen molar-refractivity contribution in [2.24, 2.45) is 5.92 Å². The minimum Gasteiger partial charge on any atom is -0.486 e. The van der Waals surface area contributed by atoms with Gasteiger partial charge in [0.15, 0.2) is 11.5 Å². The molecule has 1 unspecified atom stereocenters. The second kappa shape index (κ2) is 5.80. The van der Waals surface area contributed by atoms with E-state index in [0.29, 0.717) is 25.2 Å². The first-order valence-corrected chi connectivity index (χ1v) is 7.58. The molecule has 0 saturated carbocycles. The van der Waals surface area contributed by atoms with Crippen molar-refractivity contribution in [3.63, 3.8) is 0 Å². The molecule has 0 amide bonds. The lowest BCUT2D eigenvalue weighted by Crippen LogP contribution is -2.18. The third kappa shape index (κ3) is 3.04. The molecular weight excluding hydrogens is 264 g/mol. The minimum absolute atomic E-state index is 0.385. The van der Waals surface area contributed by atoms with Gasteiger partial charge in [0, 0.05) is 17.6 Å². The molecule has 0 saturated heterocycles. The van der Waals surface area contributed by atoms with E-state index in [1.807, 2.05) is 24.4 Å². The summed E-state index contributed by atoms with van der Waals surface area (Å²) < 4.78 is 11.3. The SMILES string of the molecule is CC(C)CC(C)Nc1nccc2cc3c(cc12)OCCO3. The summed E-state index contributed by atoms with van der Waals surface area (Å²) in [4.78, 5) is 4.50. The summed E-state index contributed by atoms with van der Waals surface area (Å²) in [5, 5.41) is 5.72. The fraction of sp³-hybridized carbons (Fsp3) is 0.471. The van der Waals surface area contributed by atoms with Gasteiger partial charge in [-0.25, -0.2) is 4.98 Å². The zero-order chi connectivity index (χ0) is 14.8. The van der Waals surface area contributed by atoms with Crippen LogP contribution in [0.4, 0.5) is 5.82 Å². The summed E-state index contributed by atoms with van der Waals surface area (Å²) in [6.07, 6.45) is 2.95. The molecule has 1 aliphatic heterocycles. The van der Waals surface area contributed by atoms with Crippen molar-refractivity contribution in [3.8, 4) is 11.5 Å². The monoisotopic (exact) mass is 286 g/mol. The fourth-order valence-corrected chi connectivity index (χ4v) is 2.82. The number of anilines is 1. The summed E-state index contributed by atoms with van der Waals surface area (Å²) in [5.74, 6) is 3.20. The van der Waals surface area contributed by atoms with Crippen LogP contribution in [0.2, 0.25) is 0 Å². The Kier molecular flexibility index (Phi) is 3.86. The Morgan fingerprint density at radius 1 is 1.14 bits per heavy atom. The van der Waals surface area contributed by atoms with Crippen molar-refractivity contribution in [3.05, 3.63) is 24.4 Å². The van der Waals surface area contributed by atoms with Crippen LogP contribution in [0.1, 0.15) is 27.2 Å². The lowest BCUT2D eigenvalue weighted by Gasteiger charge is -2.21. The second-order valence-corrected chi connectivity index (χ2v) is 6.05. The molecule has 0 spiro atoms. The molecule has 1 atom stereocenters. The molecule has 112 valence electrons. The van der Waals surface area contributed by atoms with Crippen molar-refractivity contribution in [2.45, 2.75) is 33.2 Å². The predicted octanol–water partition coefficient (Wildman–Crippen LogP) is 3.85. The van der Waals surface area contributed by atoms with E-state index in [4.69, 9.17) is 9.47 Å². The maximum atomic E-state index is 5.68. The molecule has 0 radical (unpaired) electrons. The Morgan fingerprint density at radius 2 is 1.86 bits per heavy atom. The number of ether oxygens (including phenoxy) is 2. The van der Waals surface area contributed by atoms with Gasteiger partial charge in [0.05, 0.1) is 0 Å². The van der Waals surface area contributed by atoms with Gasteiger partial charge in [-0.05, 0) is 42.8 Å². The smallest absolute Gasteiger partial charge is 0.162 e. The summed E-state index contributed by atoms with van der Waals surface area (Å²) in [7, 11) is 0. The third-order valence-electron chi connectivity index (χ3n) is 3.64. The van der Waals surface area contributed by atoms with E-state index in [0.717, 1.165) is 34.5 Å². The van der Waals surface area contributed by atoms with Crippen LogP contribution in [0.3, 0.4) is 0 Å².